The largest absolute Gasteiger partial charge is 1.00 e. The monoisotopic (exact) mass is 796 g/mol. The van der Waals surface area contributed by atoms with Crippen LogP contribution in [-0.4, -0.2) is 53.0 Å². The number of rotatable bonds is 9. The summed E-state index contributed by atoms with van der Waals surface area (Å²) in [7, 11) is -8.76. The van der Waals surface area contributed by atoms with Gasteiger partial charge in [-0.3, -0.25) is 5.04 Å². The molecule has 0 atom stereocenters. The fourth-order valence-electron chi connectivity index (χ4n) is 4.29. The van der Waals surface area contributed by atoms with Gasteiger partial charge in [0.2, 0.25) is 16.5 Å². The number of phenolic OH excluding ortho intramolecular Hbond substituents is 1. The number of nitrogens with zero attached hydrogens (tertiary/aromatic N) is 6. The topological polar surface area (TPSA) is 243 Å². The normalized spacial score (nSPS) is 11.4. The van der Waals surface area contributed by atoms with Gasteiger partial charge in [0.25, 0.3) is 0 Å². The molecule has 4 aromatic carbocycles. The Morgan fingerprint density at radius 3 is 2.08 bits per heavy atom. The Balaban J connectivity index is 0.00000300. The molecule has 0 saturated heterocycles. The predicted molar refractivity (Wildman–Crippen MR) is 162 cm³/mol. The van der Waals surface area contributed by atoms with Gasteiger partial charge in [-0.15, -0.1) is 10.2 Å². The molecule has 0 amide bonds. The molecular formula is C25H17Cl2N6Na3O10S3. The van der Waals surface area contributed by atoms with Crippen molar-refractivity contribution in [2.75, 3.05) is 11.9 Å². The first-order chi connectivity index (χ1) is 21.2. The van der Waals surface area contributed by atoms with E-state index in [1.165, 1.54) is 17.0 Å². The molecule has 1 heterocycles. The molecule has 0 saturated carbocycles. The smallest absolute Gasteiger partial charge is 0.744 e. The molecule has 242 valence electrons. The average molecular weight is 798 g/mol. The van der Waals surface area contributed by atoms with Gasteiger partial charge >= 0.3 is 88.7 Å². The van der Waals surface area contributed by atoms with Crippen LogP contribution in [0.5, 0.6) is 5.75 Å². The van der Waals surface area contributed by atoms with Gasteiger partial charge in [0.15, 0.2) is 5.75 Å². The molecule has 0 fully saturated rings. The Morgan fingerprint density at radius 2 is 1.49 bits per heavy atom. The van der Waals surface area contributed by atoms with E-state index in [1.807, 2.05) is 0 Å². The van der Waals surface area contributed by atoms with Crippen LogP contribution < -0.4 is 98.8 Å². The maximum atomic E-state index is 12.3. The number of benzene rings is 4. The Kier molecular flexibility index (Phi) is 17.8. The Morgan fingerprint density at radius 1 is 0.857 bits per heavy atom. The minimum absolute atomic E-state index is 0. The first kappa shape index (κ1) is 46.3. The number of halogens is 2. The van der Waals surface area contributed by atoms with Crippen LogP contribution in [0.15, 0.2) is 79.5 Å². The van der Waals surface area contributed by atoms with Gasteiger partial charge in [0.1, 0.15) is 31.6 Å². The quantitative estimate of drug-likeness (QED) is 0.0374. The zero-order valence-electron chi connectivity index (χ0n) is 25.0. The molecule has 0 aliphatic rings. The van der Waals surface area contributed by atoms with E-state index < -0.39 is 46.9 Å². The molecule has 0 aliphatic carbocycles. The molecule has 49 heavy (non-hydrogen) atoms. The number of aromatic hydroxyl groups is 1. The molecular weight excluding hydrogens is 780 g/mol. The summed E-state index contributed by atoms with van der Waals surface area (Å²) in [4.78, 5) is 11.5. The second kappa shape index (κ2) is 18.8. The molecule has 5 rings (SSSR count). The number of azo groups is 1. The van der Waals surface area contributed by atoms with Gasteiger partial charge in [-0.05, 0) is 65.0 Å². The van der Waals surface area contributed by atoms with Crippen molar-refractivity contribution in [1.29, 1.82) is 0 Å². The van der Waals surface area contributed by atoms with E-state index in [4.69, 9.17) is 23.2 Å². The second-order valence-electron chi connectivity index (χ2n) is 8.80. The van der Waals surface area contributed by atoms with E-state index in [0.717, 1.165) is 30.3 Å². The maximum absolute atomic E-state index is 12.3. The van der Waals surface area contributed by atoms with Gasteiger partial charge < -0.3 is 24.4 Å². The third-order valence-electron chi connectivity index (χ3n) is 6.17. The van der Waals surface area contributed by atoms with Crippen LogP contribution in [0.2, 0.25) is 10.6 Å². The van der Waals surface area contributed by atoms with Crippen LogP contribution in [-0.2, 0) is 29.6 Å². The second-order valence-corrected chi connectivity index (χ2v) is 12.9. The van der Waals surface area contributed by atoms with Gasteiger partial charge in [0, 0.05) is 28.9 Å². The number of hydrogen-bond donors (Lipinski definition) is 1. The number of fused-ring (bicyclic) bond motifs is 2. The first-order valence-corrected chi connectivity index (χ1v) is 16.1. The Bertz CT molecular complexity index is 2240. The number of aromatic nitrogens is 3. The van der Waals surface area contributed by atoms with Crippen molar-refractivity contribution in [2.45, 2.75) is 22.1 Å². The van der Waals surface area contributed by atoms with Crippen LogP contribution in [0.4, 0.5) is 23.0 Å². The van der Waals surface area contributed by atoms with Crippen LogP contribution in [0.3, 0.4) is 0 Å². The standard InChI is InChI=1S/C24H16Cl2N6O10S3.CH4.3Na/c1-32(24-28-22(25)27-23(26)29-24)12-5-6-13-11(9-12)10-17(43-42-41-34)19(20(13)33)31-30-16-8-7-14-15(21(16)45(38,39)40)3-2-4-18(14)44(35,36)37;;;;/h2-10,33-34H,1H3,(H,35,36,37)(H,38,39,40);1H4;;;/q;;3*+1/p-3. The summed E-state index contributed by atoms with van der Waals surface area (Å²) in [6.07, 6.45) is 0. The van der Waals surface area contributed by atoms with Crippen LogP contribution in [0.1, 0.15) is 7.43 Å². The first-order valence-electron chi connectivity index (χ1n) is 11.8. The van der Waals surface area contributed by atoms with E-state index in [9.17, 15) is 36.3 Å². The van der Waals surface area contributed by atoms with E-state index in [2.05, 4.69) is 34.6 Å². The molecule has 1 aromatic heterocycles. The summed E-state index contributed by atoms with van der Waals surface area (Å²) in [6.45, 7) is 0. The van der Waals surface area contributed by atoms with Gasteiger partial charge in [-0.2, -0.15) is 19.3 Å². The van der Waals surface area contributed by atoms with Crippen molar-refractivity contribution in [3.8, 4) is 5.75 Å². The van der Waals surface area contributed by atoms with E-state index >= 15 is 0 Å². The number of anilines is 2. The van der Waals surface area contributed by atoms with E-state index in [0.29, 0.717) is 23.1 Å². The van der Waals surface area contributed by atoms with Crippen molar-refractivity contribution in [3.05, 3.63) is 65.2 Å². The molecule has 0 radical (unpaired) electrons. The van der Waals surface area contributed by atoms with Gasteiger partial charge in [-0.1, -0.05) is 25.6 Å². The summed E-state index contributed by atoms with van der Waals surface area (Å²) >= 11 is 12.1. The van der Waals surface area contributed by atoms with Crippen molar-refractivity contribution in [3.63, 3.8) is 0 Å². The fraction of sp³-hybridized carbons (Fsp3) is 0.0800. The zero-order valence-corrected chi connectivity index (χ0v) is 34.9. The Labute approximate surface area is 360 Å². The molecule has 0 bridgehead atoms. The van der Waals surface area contributed by atoms with Crippen molar-refractivity contribution in [1.82, 2.24) is 15.0 Å². The summed E-state index contributed by atoms with van der Waals surface area (Å²) in [5, 5.41) is 32.5. The average Bonchev–Trinajstić information content (AvgIpc) is 2.96. The van der Waals surface area contributed by atoms with Gasteiger partial charge in [0.05, 0.1) is 26.7 Å². The minimum atomic E-state index is -5.33. The number of phenols is 1. The van der Waals surface area contributed by atoms with Crippen molar-refractivity contribution < 1.29 is 134 Å². The summed E-state index contributed by atoms with van der Waals surface area (Å²) in [6, 6.07) is 11.3. The van der Waals surface area contributed by atoms with Crippen LogP contribution in [0.25, 0.3) is 21.5 Å². The van der Waals surface area contributed by atoms with Crippen molar-refractivity contribution >= 4 is 100 Å². The third-order valence-corrected chi connectivity index (χ3v) is 8.95. The molecule has 5 aromatic rings. The van der Waals surface area contributed by atoms with Crippen LogP contribution >= 0.6 is 35.2 Å². The van der Waals surface area contributed by atoms with Crippen molar-refractivity contribution in [2.24, 2.45) is 10.2 Å². The SMILES string of the molecule is C.CN(c1ccc2c(O)c(N=Nc3ccc4c(S(=O)(=O)[O-])cccc4c3S(=O)(=O)[O-])c(SOO[O-])cc2c1)c1nc(Cl)nc(Cl)n1.[Na+].[Na+].[Na+]. The zero-order chi connectivity index (χ0) is 32.7. The van der Waals surface area contributed by atoms with Crippen LogP contribution in [0, 0.1) is 0 Å². The molecule has 24 heteroatoms. The molecule has 16 nitrogen and oxygen atoms in total. The van der Waals surface area contributed by atoms with Gasteiger partial charge in [-0.25, -0.2) is 16.8 Å². The maximum Gasteiger partial charge on any atom is 1.00 e. The van der Waals surface area contributed by atoms with E-state index in [1.54, 1.807) is 19.2 Å². The predicted octanol–water partition coefficient (Wildman–Crippen LogP) is -3.94. The summed E-state index contributed by atoms with van der Waals surface area (Å²) in [5.74, 6) is -0.396. The molecule has 0 unspecified atom stereocenters. The molecule has 1 N–H and O–H groups in total. The minimum Gasteiger partial charge on any atom is -0.744 e. The molecule has 0 aliphatic heterocycles. The summed E-state index contributed by atoms with van der Waals surface area (Å²) in [5.41, 5.74) is -0.375. The Hall–Kier alpha value is -0.760. The molecule has 0 spiro atoms. The fourth-order valence-corrected chi connectivity index (χ4v) is 6.65. The number of hydrogen-bond acceptors (Lipinski definition) is 17. The van der Waals surface area contributed by atoms with E-state index in [-0.39, 0.29) is 134 Å². The third kappa shape index (κ3) is 10.4. The summed E-state index contributed by atoms with van der Waals surface area (Å²) < 4.78 is 76.4.